The fourth-order valence-corrected chi connectivity index (χ4v) is 6.17. The molecule has 0 atom stereocenters. The highest BCUT2D eigenvalue weighted by Crippen LogP contribution is 2.34. The molecular formula is C22H33N3O3S. The molecule has 3 fully saturated rings. The van der Waals surface area contributed by atoms with Gasteiger partial charge in [0.15, 0.2) is 0 Å². The van der Waals surface area contributed by atoms with Crippen LogP contribution in [0.25, 0.3) is 0 Å². The molecule has 0 N–H and O–H groups in total. The van der Waals surface area contributed by atoms with Crippen molar-refractivity contribution in [2.24, 2.45) is 0 Å². The van der Waals surface area contributed by atoms with Crippen LogP contribution < -0.4 is 0 Å². The summed E-state index contributed by atoms with van der Waals surface area (Å²) in [5.41, 5.74) is 2.08. The zero-order valence-electron chi connectivity index (χ0n) is 17.6. The minimum Gasteiger partial charge on any atom is -0.336 e. The third kappa shape index (κ3) is 4.52. The van der Waals surface area contributed by atoms with E-state index in [9.17, 15) is 13.2 Å². The van der Waals surface area contributed by atoms with Crippen molar-refractivity contribution in [1.29, 1.82) is 0 Å². The maximum Gasteiger partial charge on any atom is 0.243 e. The largest absolute Gasteiger partial charge is 0.336 e. The van der Waals surface area contributed by atoms with Gasteiger partial charge in [-0.05, 0) is 62.8 Å². The summed E-state index contributed by atoms with van der Waals surface area (Å²) in [4.78, 5) is 17.7. The molecule has 1 amide bonds. The Morgan fingerprint density at radius 1 is 0.966 bits per heavy atom. The van der Waals surface area contributed by atoms with Gasteiger partial charge in [-0.15, -0.1) is 0 Å². The normalized spacial score (nSPS) is 22.1. The summed E-state index contributed by atoms with van der Waals surface area (Å²) in [6.45, 7) is 6.44. The smallest absolute Gasteiger partial charge is 0.243 e. The van der Waals surface area contributed by atoms with Crippen molar-refractivity contribution in [3.05, 3.63) is 29.3 Å². The van der Waals surface area contributed by atoms with Gasteiger partial charge in [0, 0.05) is 38.3 Å². The highest BCUT2D eigenvalue weighted by atomic mass is 32.2. The van der Waals surface area contributed by atoms with Gasteiger partial charge < -0.3 is 4.90 Å². The Balaban J connectivity index is 1.35. The van der Waals surface area contributed by atoms with Crippen molar-refractivity contribution in [2.75, 3.05) is 32.7 Å². The summed E-state index contributed by atoms with van der Waals surface area (Å²) in [6, 6.07) is 6.21. The Morgan fingerprint density at radius 2 is 1.59 bits per heavy atom. The van der Waals surface area contributed by atoms with Crippen LogP contribution in [-0.2, 0) is 14.8 Å². The molecule has 1 aliphatic heterocycles. The first-order valence-electron chi connectivity index (χ1n) is 11.0. The van der Waals surface area contributed by atoms with Crippen molar-refractivity contribution in [1.82, 2.24) is 14.1 Å². The molecule has 29 heavy (non-hydrogen) atoms. The van der Waals surface area contributed by atoms with Crippen LogP contribution in [0.3, 0.4) is 0 Å². The van der Waals surface area contributed by atoms with Gasteiger partial charge >= 0.3 is 0 Å². The SMILES string of the molecule is Cc1ccc(S(=O)(=O)N2CCN(CC(=O)N(C3CCCC3)C3CC3)CC2)cc1C. The van der Waals surface area contributed by atoms with Gasteiger partial charge in [0.05, 0.1) is 11.4 Å². The number of hydrogen-bond acceptors (Lipinski definition) is 4. The number of aryl methyl sites for hydroxylation is 2. The van der Waals surface area contributed by atoms with E-state index in [1.54, 1.807) is 16.4 Å². The fourth-order valence-electron chi connectivity index (χ4n) is 4.66. The molecule has 1 aromatic rings. The molecule has 0 radical (unpaired) electrons. The molecule has 1 aromatic carbocycles. The number of amides is 1. The van der Waals surface area contributed by atoms with Crippen LogP contribution in [0, 0.1) is 13.8 Å². The van der Waals surface area contributed by atoms with Crippen molar-refractivity contribution in [3.63, 3.8) is 0 Å². The Morgan fingerprint density at radius 3 is 2.17 bits per heavy atom. The van der Waals surface area contributed by atoms with Crippen molar-refractivity contribution < 1.29 is 13.2 Å². The molecule has 3 aliphatic rings. The molecule has 160 valence electrons. The molecule has 0 unspecified atom stereocenters. The van der Waals surface area contributed by atoms with E-state index in [2.05, 4.69) is 9.80 Å². The Labute approximate surface area is 174 Å². The van der Waals surface area contributed by atoms with Crippen molar-refractivity contribution in [3.8, 4) is 0 Å². The Hall–Kier alpha value is -1.44. The molecule has 0 aromatic heterocycles. The first-order valence-corrected chi connectivity index (χ1v) is 12.4. The van der Waals surface area contributed by atoms with Crippen LogP contribution in [0.5, 0.6) is 0 Å². The number of benzene rings is 1. The molecule has 1 heterocycles. The molecular weight excluding hydrogens is 386 g/mol. The van der Waals surface area contributed by atoms with E-state index in [1.807, 2.05) is 19.9 Å². The van der Waals surface area contributed by atoms with E-state index in [0.717, 1.165) is 36.8 Å². The van der Waals surface area contributed by atoms with Gasteiger partial charge in [0.2, 0.25) is 15.9 Å². The summed E-state index contributed by atoms with van der Waals surface area (Å²) < 4.78 is 27.5. The van der Waals surface area contributed by atoms with Gasteiger partial charge in [-0.25, -0.2) is 8.42 Å². The number of rotatable bonds is 6. The van der Waals surface area contributed by atoms with E-state index in [4.69, 9.17) is 0 Å². The third-order valence-electron chi connectivity index (χ3n) is 6.75. The van der Waals surface area contributed by atoms with Crippen LogP contribution >= 0.6 is 0 Å². The zero-order chi connectivity index (χ0) is 20.6. The molecule has 2 aliphatic carbocycles. The second-order valence-electron chi connectivity index (χ2n) is 8.90. The molecule has 1 saturated heterocycles. The van der Waals surface area contributed by atoms with Crippen molar-refractivity contribution in [2.45, 2.75) is 69.4 Å². The fraction of sp³-hybridized carbons (Fsp3) is 0.682. The second-order valence-corrected chi connectivity index (χ2v) is 10.8. The van der Waals surface area contributed by atoms with E-state index in [-0.39, 0.29) is 5.91 Å². The average Bonchev–Trinajstić information content (AvgIpc) is 3.37. The van der Waals surface area contributed by atoms with Gasteiger partial charge in [-0.2, -0.15) is 4.31 Å². The number of piperazine rings is 1. The second kappa shape index (κ2) is 8.36. The summed E-state index contributed by atoms with van der Waals surface area (Å²) in [7, 11) is -3.47. The molecule has 4 rings (SSSR count). The van der Waals surface area contributed by atoms with Gasteiger partial charge in [0.25, 0.3) is 0 Å². The van der Waals surface area contributed by atoms with Gasteiger partial charge in [0.1, 0.15) is 0 Å². The number of carbonyl (C=O) groups excluding carboxylic acids is 1. The third-order valence-corrected chi connectivity index (χ3v) is 8.65. The van der Waals surface area contributed by atoms with Crippen LogP contribution in [0.4, 0.5) is 0 Å². The number of sulfonamides is 1. The quantitative estimate of drug-likeness (QED) is 0.711. The van der Waals surface area contributed by atoms with E-state index in [0.29, 0.717) is 49.7 Å². The molecule has 0 spiro atoms. The lowest BCUT2D eigenvalue weighted by Gasteiger charge is -2.36. The minimum absolute atomic E-state index is 0.241. The van der Waals surface area contributed by atoms with E-state index in [1.165, 1.54) is 12.8 Å². The molecule has 7 heteroatoms. The number of nitrogens with zero attached hydrogens (tertiary/aromatic N) is 3. The van der Waals surface area contributed by atoms with Crippen LogP contribution in [0.15, 0.2) is 23.1 Å². The standard InChI is InChI=1S/C22H33N3O3S/c1-17-7-10-21(15-18(17)2)29(27,28)24-13-11-23(12-14-24)16-22(26)25(20-8-9-20)19-5-3-4-6-19/h7,10,15,19-20H,3-6,8-9,11-14,16H2,1-2H3. The Bertz CT molecular complexity index is 852. The predicted molar refractivity (Wildman–Crippen MR) is 113 cm³/mol. The predicted octanol–water partition coefficient (Wildman–Crippen LogP) is 2.54. The van der Waals surface area contributed by atoms with Crippen LogP contribution in [0.2, 0.25) is 0 Å². The van der Waals surface area contributed by atoms with E-state index < -0.39 is 10.0 Å². The molecule has 2 saturated carbocycles. The van der Waals surface area contributed by atoms with Crippen LogP contribution in [-0.4, -0.2) is 73.2 Å². The maximum absolute atomic E-state index is 13.0. The first kappa shape index (κ1) is 20.8. The minimum atomic E-state index is -3.47. The average molecular weight is 420 g/mol. The molecule has 0 bridgehead atoms. The summed E-state index contributed by atoms with van der Waals surface area (Å²) in [5, 5.41) is 0. The lowest BCUT2D eigenvalue weighted by Crippen LogP contribution is -2.52. The topological polar surface area (TPSA) is 60.9 Å². The summed E-state index contributed by atoms with van der Waals surface area (Å²) in [6.07, 6.45) is 7.04. The first-order chi connectivity index (χ1) is 13.9. The van der Waals surface area contributed by atoms with Gasteiger partial charge in [-0.1, -0.05) is 18.9 Å². The Kier molecular flexibility index (Phi) is 6.00. The van der Waals surface area contributed by atoms with E-state index >= 15 is 0 Å². The number of hydrogen-bond donors (Lipinski definition) is 0. The summed E-state index contributed by atoms with van der Waals surface area (Å²) >= 11 is 0. The lowest BCUT2D eigenvalue weighted by atomic mass is 10.1. The highest BCUT2D eigenvalue weighted by molar-refractivity contribution is 7.89. The monoisotopic (exact) mass is 419 g/mol. The zero-order valence-corrected chi connectivity index (χ0v) is 18.5. The lowest BCUT2D eigenvalue weighted by molar-refractivity contribution is -0.135. The summed E-state index contributed by atoms with van der Waals surface area (Å²) in [5.74, 6) is 0.241. The maximum atomic E-state index is 13.0. The van der Waals surface area contributed by atoms with Crippen LogP contribution in [0.1, 0.15) is 49.7 Å². The van der Waals surface area contributed by atoms with Gasteiger partial charge in [-0.3, -0.25) is 9.69 Å². The highest BCUT2D eigenvalue weighted by Gasteiger charge is 2.39. The van der Waals surface area contributed by atoms with Crippen molar-refractivity contribution >= 4 is 15.9 Å². The number of carbonyl (C=O) groups is 1. The molecule has 6 nitrogen and oxygen atoms in total.